The van der Waals surface area contributed by atoms with Crippen LogP contribution in [-0.2, 0) is 16.0 Å². The van der Waals surface area contributed by atoms with Crippen LogP contribution in [0.3, 0.4) is 0 Å². The maximum absolute atomic E-state index is 13.6. The normalized spacial score (nSPS) is 13.7. The Morgan fingerprint density at radius 2 is 1.62 bits per heavy atom. The third-order valence-corrected chi connectivity index (χ3v) is 7.07. The minimum absolute atomic E-state index is 0.284. The zero-order valence-corrected chi connectivity index (χ0v) is 21.1. The fourth-order valence-electron chi connectivity index (χ4n) is 3.85. The molecule has 0 spiro atoms. The lowest BCUT2D eigenvalue weighted by Gasteiger charge is -2.16. The topological polar surface area (TPSA) is 49.4 Å². The fourth-order valence-corrected chi connectivity index (χ4v) is 4.90. The molecule has 0 saturated heterocycles. The standard InChI is InChI=1S/C28H27ClN2O2S/c1-4-5-6-20-8-12-22(13-9-20)31-27(32)25(30-24-16-7-18(2)17-19(24)3)26(28(31)33)34-23-14-10-21(29)11-15-23/h7-17,30H,4-6H2,1-3H3. The first-order chi connectivity index (χ1) is 16.4. The largest absolute Gasteiger partial charge is 0.350 e. The Bertz CT molecular complexity index is 1250. The number of aryl methyl sites for hydroxylation is 3. The molecule has 0 unspecified atom stereocenters. The molecule has 4 rings (SSSR count). The number of amides is 2. The van der Waals surface area contributed by atoms with Gasteiger partial charge in [-0.1, -0.05) is 66.5 Å². The maximum Gasteiger partial charge on any atom is 0.283 e. The summed E-state index contributed by atoms with van der Waals surface area (Å²) in [4.78, 5) is 29.6. The Balaban J connectivity index is 1.69. The molecule has 1 aliphatic heterocycles. The molecule has 4 nitrogen and oxygen atoms in total. The van der Waals surface area contributed by atoms with Gasteiger partial charge in [-0.3, -0.25) is 9.59 Å². The van der Waals surface area contributed by atoms with E-state index in [-0.39, 0.29) is 17.5 Å². The molecule has 1 aliphatic rings. The summed E-state index contributed by atoms with van der Waals surface area (Å²) in [5.74, 6) is -0.693. The van der Waals surface area contributed by atoms with Crippen molar-refractivity contribution in [3.8, 4) is 0 Å². The van der Waals surface area contributed by atoms with Crippen molar-refractivity contribution in [1.82, 2.24) is 0 Å². The van der Waals surface area contributed by atoms with E-state index < -0.39 is 0 Å². The average molecular weight is 491 g/mol. The number of rotatable bonds is 8. The van der Waals surface area contributed by atoms with Crippen LogP contribution in [0.1, 0.15) is 36.5 Å². The van der Waals surface area contributed by atoms with E-state index in [1.807, 2.05) is 68.4 Å². The Labute approximate surface area is 210 Å². The number of anilines is 2. The molecular formula is C28H27ClN2O2S. The summed E-state index contributed by atoms with van der Waals surface area (Å²) in [6.07, 6.45) is 3.20. The Morgan fingerprint density at radius 1 is 0.912 bits per heavy atom. The van der Waals surface area contributed by atoms with Crippen molar-refractivity contribution in [1.29, 1.82) is 0 Å². The molecule has 3 aromatic rings. The van der Waals surface area contributed by atoms with Crippen molar-refractivity contribution in [2.24, 2.45) is 0 Å². The van der Waals surface area contributed by atoms with Gasteiger partial charge in [0.05, 0.1) is 5.69 Å². The van der Waals surface area contributed by atoms with Gasteiger partial charge in [0.1, 0.15) is 10.6 Å². The number of carbonyl (C=O) groups is 2. The maximum atomic E-state index is 13.6. The molecular weight excluding hydrogens is 464 g/mol. The monoisotopic (exact) mass is 490 g/mol. The van der Waals surface area contributed by atoms with E-state index in [1.54, 1.807) is 12.1 Å². The van der Waals surface area contributed by atoms with Crippen LogP contribution in [0, 0.1) is 13.8 Å². The van der Waals surface area contributed by atoms with Crippen molar-refractivity contribution in [2.45, 2.75) is 44.9 Å². The molecule has 34 heavy (non-hydrogen) atoms. The predicted molar refractivity (Wildman–Crippen MR) is 141 cm³/mol. The van der Waals surface area contributed by atoms with Gasteiger partial charge in [0, 0.05) is 15.6 Å². The second-order valence-electron chi connectivity index (χ2n) is 8.42. The highest BCUT2D eigenvalue weighted by atomic mass is 35.5. The lowest BCUT2D eigenvalue weighted by molar-refractivity contribution is -0.120. The predicted octanol–water partition coefficient (Wildman–Crippen LogP) is 7.29. The quantitative estimate of drug-likeness (QED) is 0.337. The van der Waals surface area contributed by atoms with Gasteiger partial charge < -0.3 is 5.32 Å². The first kappa shape index (κ1) is 24.1. The number of hydrogen-bond acceptors (Lipinski definition) is 4. The molecule has 3 aromatic carbocycles. The van der Waals surface area contributed by atoms with Crippen LogP contribution in [0.25, 0.3) is 0 Å². The second-order valence-corrected chi connectivity index (χ2v) is 9.94. The first-order valence-corrected chi connectivity index (χ1v) is 12.6. The zero-order valence-electron chi connectivity index (χ0n) is 19.5. The fraction of sp³-hybridized carbons (Fsp3) is 0.214. The van der Waals surface area contributed by atoms with E-state index in [9.17, 15) is 9.59 Å². The summed E-state index contributed by atoms with van der Waals surface area (Å²) < 4.78 is 0. The van der Waals surface area contributed by atoms with E-state index in [2.05, 4.69) is 12.2 Å². The van der Waals surface area contributed by atoms with E-state index in [0.717, 1.165) is 41.0 Å². The van der Waals surface area contributed by atoms with Gasteiger partial charge in [-0.2, -0.15) is 0 Å². The molecule has 2 amide bonds. The highest BCUT2D eigenvalue weighted by molar-refractivity contribution is 8.04. The molecule has 0 atom stereocenters. The number of halogens is 1. The number of nitrogens with zero attached hydrogens (tertiary/aromatic N) is 1. The van der Waals surface area contributed by atoms with Gasteiger partial charge in [-0.15, -0.1) is 0 Å². The van der Waals surface area contributed by atoms with Crippen molar-refractivity contribution >= 4 is 46.6 Å². The highest BCUT2D eigenvalue weighted by Crippen LogP contribution is 2.38. The molecule has 0 fully saturated rings. The molecule has 0 saturated carbocycles. The number of imide groups is 1. The van der Waals surface area contributed by atoms with E-state index in [4.69, 9.17) is 11.6 Å². The summed E-state index contributed by atoms with van der Waals surface area (Å²) in [6.45, 7) is 6.16. The van der Waals surface area contributed by atoms with Gasteiger partial charge in [-0.05, 0) is 80.3 Å². The van der Waals surface area contributed by atoms with Crippen LogP contribution >= 0.6 is 23.4 Å². The van der Waals surface area contributed by atoms with Crippen LogP contribution in [0.4, 0.5) is 11.4 Å². The number of nitrogens with one attached hydrogen (secondary N) is 1. The number of unbranched alkanes of at least 4 members (excludes halogenated alkanes) is 1. The minimum Gasteiger partial charge on any atom is -0.350 e. The summed E-state index contributed by atoms with van der Waals surface area (Å²) >= 11 is 7.30. The molecule has 0 bridgehead atoms. The first-order valence-electron chi connectivity index (χ1n) is 11.4. The number of benzene rings is 3. The molecule has 1 N–H and O–H groups in total. The summed E-state index contributed by atoms with van der Waals surface area (Å²) in [6, 6.07) is 20.9. The smallest absolute Gasteiger partial charge is 0.283 e. The Morgan fingerprint density at radius 3 is 2.26 bits per heavy atom. The van der Waals surface area contributed by atoms with Crippen molar-refractivity contribution in [3.63, 3.8) is 0 Å². The summed E-state index contributed by atoms with van der Waals surface area (Å²) in [5.41, 5.74) is 4.98. The lowest BCUT2D eigenvalue weighted by Crippen LogP contribution is -2.32. The number of thioether (sulfide) groups is 1. The van der Waals surface area contributed by atoms with Crippen LogP contribution in [0.2, 0.25) is 5.02 Å². The third kappa shape index (κ3) is 5.21. The molecule has 174 valence electrons. The van der Waals surface area contributed by atoms with Gasteiger partial charge in [0.15, 0.2) is 0 Å². The third-order valence-electron chi connectivity index (χ3n) is 5.73. The van der Waals surface area contributed by atoms with Gasteiger partial charge in [0.25, 0.3) is 11.8 Å². The van der Waals surface area contributed by atoms with Crippen LogP contribution in [0.15, 0.2) is 82.2 Å². The van der Waals surface area contributed by atoms with Crippen molar-refractivity contribution < 1.29 is 9.59 Å². The van der Waals surface area contributed by atoms with Gasteiger partial charge in [0.2, 0.25) is 0 Å². The van der Waals surface area contributed by atoms with Crippen LogP contribution in [0.5, 0.6) is 0 Å². The van der Waals surface area contributed by atoms with Gasteiger partial charge >= 0.3 is 0 Å². The highest BCUT2D eigenvalue weighted by Gasteiger charge is 2.40. The van der Waals surface area contributed by atoms with Crippen LogP contribution in [-0.4, -0.2) is 11.8 Å². The Hall–Kier alpha value is -3.02. The van der Waals surface area contributed by atoms with E-state index in [0.29, 0.717) is 15.6 Å². The SMILES string of the molecule is CCCCc1ccc(N2C(=O)C(Nc3ccc(C)cc3C)=C(Sc3ccc(Cl)cc3)C2=O)cc1. The van der Waals surface area contributed by atoms with E-state index in [1.165, 1.54) is 22.2 Å². The minimum atomic E-state index is -0.359. The molecule has 6 heteroatoms. The number of carbonyl (C=O) groups excluding carboxylic acids is 2. The molecule has 0 aliphatic carbocycles. The summed E-state index contributed by atoms with van der Waals surface area (Å²) in [5, 5.41) is 3.87. The van der Waals surface area contributed by atoms with Gasteiger partial charge in [-0.25, -0.2) is 4.90 Å². The number of hydrogen-bond donors (Lipinski definition) is 1. The molecule has 0 radical (unpaired) electrons. The molecule has 1 heterocycles. The average Bonchev–Trinajstić information content (AvgIpc) is 3.05. The lowest BCUT2D eigenvalue weighted by atomic mass is 10.1. The van der Waals surface area contributed by atoms with Crippen molar-refractivity contribution in [3.05, 3.63) is 99.0 Å². The van der Waals surface area contributed by atoms with E-state index >= 15 is 0 Å². The Kier molecular flexibility index (Phi) is 7.44. The van der Waals surface area contributed by atoms with Crippen LogP contribution < -0.4 is 10.2 Å². The summed E-state index contributed by atoms with van der Waals surface area (Å²) in [7, 11) is 0. The zero-order chi connectivity index (χ0) is 24.2. The second kappa shape index (κ2) is 10.5. The van der Waals surface area contributed by atoms with Crippen molar-refractivity contribution in [2.75, 3.05) is 10.2 Å². The molecule has 0 aromatic heterocycles.